The maximum Gasteiger partial charge on any atom is 0.350 e. The minimum absolute atomic E-state index is 0.250. The van der Waals surface area contributed by atoms with Crippen LogP contribution in [-0.2, 0) is 21.8 Å². The number of hydrogen-bond acceptors (Lipinski definition) is 10. The van der Waals surface area contributed by atoms with Gasteiger partial charge in [0.15, 0.2) is 0 Å². The van der Waals surface area contributed by atoms with Crippen LogP contribution >= 0.6 is 0 Å². The second-order valence-corrected chi connectivity index (χ2v) is 12.2. The van der Waals surface area contributed by atoms with E-state index in [2.05, 4.69) is 37.2 Å². The molecule has 2 aromatic heterocycles. The lowest BCUT2D eigenvalue weighted by Crippen LogP contribution is -2.46. The standard InChI is InChI=1S/C35H40N8O5/c1-26(27(2)44)41-25-38-43(34(41)45)31-10-8-29(9-11-31)39-18-20-40(21-19-39)30-12-14-32(15-13-30)46-22-33-23-47-35(48-33,24-42-36-16-17-37-42)28-6-4-3-5-7-28/h3-17,25-27,33,44H,18-24H2,1-2H3/t26?,27?,33-,35-/m1/s1. The SMILES string of the molecule is CC(O)C(C)n1cnn(-c2ccc(N3CCN(c4ccc(OC[C@@H]5CO[C@@](Cn6nccn6)(c6ccccc6)O5)cc4)CC3)cc2)c1=O. The summed E-state index contributed by atoms with van der Waals surface area (Å²) >= 11 is 0. The number of hydrogen-bond donors (Lipinski definition) is 1. The minimum atomic E-state index is -0.982. The van der Waals surface area contributed by atoms with Crippen LogP contribution in [0.2, 0.25) is 0 Å². The Morgan fingerprint density at radius 1 is 0.854 bits per heavy atom. The van der Waals surface area contributed by atoms with Gasteiger partial charge in [0.1, 0.15) is 31.3 Å². The highest BCUT2D eigenvalue weighted by atomic mass is 16.8. The molecule has 0 amide bonds. The average Bonchev–Trinajstić information content (AvgIpc) is 3.89. The first kappa shape index (κ1) is 31.6. The molecule has 4 atom stereocenters. The predicted octanol–water partition coefficient (Wildman–Crippen LogP) is 3.24. The number of rotatable bonds is 11. The van der Waals surface area contributed by atoms with Gasteiger partial charge in [0.2, 0.25) is 5.79 Å². The molecule has 2 aliphatic heterocycles. The fraction of sp³-hybridized carbons (Fsp3) is 0.371. The molecule has 1 N–H and O–H groups in total. The van der Waals surface area contributed by atoms with E-state index in [9.17, 15) is 9.90 Å². The smallest absolute Gasteiger partial charge is 0.350 e. The number of anilines is 2. The van der Waals surface area contributed by atoms with E-state index < -0.39 is 11.9 Å². The molecule has 0 aliphatic carbocycles. The summed E-state index contributed by atoms with van der Waals surface area (Å²) in [5.41, 5.74) is 3.58. The molecule has 13 nitrogen and oxygen atoms in total. The third-order valence-electron chi connectivity index (χ3n) is 9.10. The topological polar surface area (TPSA) is 125 Å². The van der Waals surface area contributed by atoms with E-state index in [0.29, 0.717) is 25.4 Å². The summed E-state index contributed by atoms with van der Waals surface area (Å²) in [7, 11) is 0. The first-order valence-corrected chi connectivity index (χ1v) is 16.3. The van der Waals surface area contributed by atoms with Crippen LogP contribution in [0.1, 0.15) is 25.5 Å². The van der Waals surface area contributed by atoms with Crippen LogP contribution in [0.25, 0.3) is 5.69 Å². The number of nitrogens with zero attached hydrogens (tertiary/aromatic N) is 8. The van der Waals surface area contributed by atoms with Gasteiger partial charge in [0, 0.05) is 43.1 Å². The predicted molar refractivity (Wildman–Crippen MR) is 180 cm³/mol. The Morgan fingerprint density at radius 2 is 1.46 bits per heavy atom. The van der Waals surface area contributed by atoms with E-state index in [0.717, 1.165) is 48.9 Å². The first-order valence-electron chi connectivity index (χ1n) is 16.3. The molecule has 5 aromatic rings. The van der Waals surface area contributed by atoms with Gasteiger partial charge >= 0.3 is 5.69 Å². The molecule has 2 aliphatic rings. The van der Waals surface area contributed by atoms with E-state index in [1.165, 1.54) is 15.6 Å². The average molecular weight is 653 g/mol. The highest BCUT2D eigenvalue weighted by molar-refractivity contribution is 5.54. The van der Waals surface area contributed by atoms with Crippen LogP contribution in [0.5, 0.6) is 5.75 Å². The van der Waals surface area contributed by atoms with Gasteiger partial charge in [-0.25, -0.2) is 4.79 Å². The molecule has 0 spiro atoms. The molecule has 4 heterocycles. The molecule has 3 aromatic carbocycles. The Labute approximate surface area is 278 Å². The second-order valence-electron chi connectivity index (χ2n) is 12.2. The van der Waals surface area contributed by atoms with Gasteiger partial charge in [-0.15, -0.1) is 0 Å². The molecular weight excluding hydrogens is 612 g/mol. The van der Waals surface area contributed by atoms with Crippen LogP contribution in [0.4, 0.5) is 11.4 Å². The molecule has 0 saturated carbocycles. The number of benzene rings is 3. The lowest BCUT2D eigenvalue weighted by Gasteiger charge is -2.37. The van der Waals surface area contributed by atoms with Crippen molar-refractivity contribution in [2.75, 3.05) is 49.2 Å². The molecule has 7 rings (SSSR count). The number of aliphatic hydroxyl groups excluding tert-OH is 1. The van der Waals surface area contributed by atoms with Crippen LogP contribution in [0.3, 0.4) is 0 Å². The van der Waals surface area contributed by atoms with E-state index in [1.54, 1.807) is 31.0 Å². The van der Waals surface area contributed by atoms with Crippen molar-refractivity contribution in [1.29, 1.82) is 0 Å². The van der Waals surface area contributed by atoms with Crippen molar-refractivity contribution in [3.8, 4) is 11.4 Å². The summed E-state index contributed by atoms with van der Waals surface area (Å²) in [5, 5.41) is 22.6. The lowest BCUT2D eigenvalue weighted by atomic mass is 10.1. The van der Waals surface area contributed by atoms with Crippen LogP contribution in [-0.4, -0.2) is 86.0 Å². The maximum atomic E-state index is 12.8. The van der Waals surface area contributed by atoms with Crippen molar-refractivity contribution in [2.45, 2.75) is 44.4 Å². The molecule has 2 fully saturated rings. The highest BCUT2D eigenvalue weighted by Crippen LogP contribution is 2.36. The van der Waals surface area contributed by atoms with Crippen molar-refractivity contribution in [2.24, 2.45) is 0 Å². The molecular formula is C35H40N8O5. The third kappa shape index (κ3) is 6.57. The Hall–Kier alpha value is -4.98. The Kier molecular flexibility index (Phi) is 8.98. The van der Waals surface area contributed by atoms with Crippen LogP contribution in [0, 0.1) is 0 Å². The fourth-order valence-corrected chi connectivity index (χ4v) is 6.15. The van der Waals surface area contributed by atoms with Crippen molar-refractivity contribution in [3.63, 3.8) is 0 Å². The zero-order valence-electron chi connectivity index (χ0n) is 27.1. The summed E-state index contributed by atoms with van der Waals surface area (Å²) in [6, 6.07) is 25.6. The summed E-state index contributed by atoms with van der Waals surface area (Å²) in [6.45, 7) is 8.05. The number of piperazine rings is 1. The lowest BCUT2D eigenvalue weighted by molar-refractivity contribution is -0.192. The zero-order valence-corrected chi connectivity index (χ0v) is 27.1. The number of aromatic nitrogens is 6. The van der Waals surface area contributed by atoms with Gasteiger partial charge in [0.25, 0.3) is 0 Å². The number of ether oxygens (including phenoxy) is 3. The van der Waals surface area contributed by atoms with E-state index in [-0.39, 0.29) is 17.8 Å². The van der Waals surface area contributed by atoms with Gasteiger partial charge in [-0.3, -0.25) is 4.57 Å². The summed E-state index contributed by atoms with van der Waals surface area (Å²) in [5.74, 6) is -0.208. The molecule has 2 unspecified atom stereocenters. The van der Waals surface area contributed by atoms with Crippen LogP contribution in [0.15, 0.2) is 102 Å². The third-order valence-corrected chi connectivity index (χ3v) is 9.10. The first-order chi connectivity index (χ1) is 23.4. The van der Waals surface area contributed by atoms with Gasteiger partial charge < -0.3 is 29.1 Å². The zero-order chi connectivity index (χ0) is 33.1. The quantitative estimate of drug-likeness (QED) is 0.227. The van der Waals surface area contributed by atoms with E-state index in [1.807, 2.05) is 66.7 Å². The normalized spacial score (nSPS) is 20.9. The Balaban J connectivity index is 0.912. The highest BCUT2D eigenvalue weighted by Gasteiger charge is 2.44. The van der Waals surface area contributed by atoms with Crippen molar-refractivity contribution >= 4 is 11.4 Å². The Bertz CT molecular complexity index is 1820. The largest absolute Gasteiger partial charge is 0.491 e. The van der Waals surface area contributed by atoms with Gasteiger partial charge in [-0.1, -0.05) is 30.3 Å². The monoisotopic (exact) mass is 652 g/mol. The summed E-state index contributed by atoms with van der Waals surface area (Å²) < 4.78 is 21.7. The fourth-order valence-electron chi connectivity index (χ4n) is 6.15. The Morgan fingerprint density at radius 3 is 2.08 bits per heavy atom. The molecule has 48 heavy (non-hydrogen) atoms. The number of aliphatic hydroxyl groups is 1. The second kappa shape index (κ2) is 13.6. The van der Waals surface area contributed by atoms with Gasteiger partial charge in [0.05, 0.1) is 36.8 Å². The van der Waals surface area contributed by atoms with E-state index >= 15 is 0 Å². The molecule has 0 radical (unpaired) electrons. The van der Waals surface area contributed by atoms with Crippen LogP contribution < -0.4 is 20.2 Å². The van der Waals surface area contributed by atoms with Gasteiger partial charge in [-0.05, 0) is 62.4 Å². The summed E-state index contributed by atoms with van der Waals surface area (Å²) in [6.07, 6.45) is 3.85. The molecule has 250 valence electrons. The minimum Gasteiger partial charge on any atom is -0.491 e. The molecule has 0 bridgehead atoms. The van der Waals surface area contributed by atoms with Crippen molar-refractivity contribution in [1.82, 2.24) is 29.3 Å². The summed E-state index contributed by atoms with van der Waals surface area (Å²) in [4.78, 5) is 19.1. The van der Waals surface area contributed by atoms with Gasteiger partial charge in [-0.2, -0.15) is 24.8 Å². The van der Waals surface area contributed by atoms with Crippen molar-refractivity contribution in [3.05, 3.63) is 114 Å². The molecule has 13 heteroatoms. The van der Waals surface area contributed by atoms with Crippen molar-refractivity contribution < 1.29 is 19.3 Å². The molecule has 2 saturated heterocycles. The maximum absolute atomic E-state index is 12.8. The van der Waals surface area contributed by atoms with E-state index in [4.69, 9.17) is 14.2 Å².